The number of nitrogens with one attached hydrogen (secondary N) is 1. The molecule has 2 N–H and O–H groups in total. The van der Waals surface area contributed by atoms with Gasteiger partial charge >= 0.3 is 5.69 Å². The van der Waals surface area contributed by atoms with Crippen molar-refractivity contribution in [1.82, 2.24) is 19.1 Å². The Balaban J connectivity index is 2.06. The Morgan fingerprint density at radius 1 is 1.28 bits per heavy atom. The van der Waals surface area contributed by atoms with Crippen molar-refractivity contribution in [3.63, 3.8) is 0 Å². The van der Waals surface area contributed by atoms with Gasteiger partial charge in [-0.05, 0) is 18.9 Å². The fraction of sp³-hybridized carbons (Fsp3) is 0.353. The zero-order valence-electron chi connectivity index (χ0n) is 14.1. The number of hydrogen-bond donors (Lipinski definition) is 2. The third-order valence-electron chi connectivity index (χ3n) is 3.89. The Labute approximate surface area is 148 Å². The minimum Gasteiger partial charge on any atom is -0.393 e. The number of benzene rings is 1. The van der Waals surface area contributed by atoms with E-state index in [2.05, 4.69) is 9.97 Å². The van der Waals surface area contributed by atoms with Crippen LogP contribution >= 0.6 is 11.8 Å². The molecule has 25 heavy (non-hydrogen) atoms. The molecule has 1 atom stereocenters. The van der Waals surface area contributed by atoms with Crippen LogP contribution in [-0.4, -0.2) is 36.1 Å². The number of hydrogen-bond acceptors (Lipinski definition) is 5. The van der Waals surface area contributed by atoms with Crippen LogP contribution in [0.15, 0.2) is 45.1 Å². The molecule has 0 spiro atoms. The van der Waals surface area contributed by atoms with Crippen molar-refractivity contribution in [3.05, 3.63) is 56.7 Å². The van der Waals surface area contributed by atoms with E-state index in [1.807, 2.05) is 34.9 Å². The van der Waals surface area contributed by atoms with E-state index in [0.29, 0.717) is 28.6 Å². The largest absolute Gasteiger partial charge is 0.393 e. The Kier molecular flexibility index (Phi) is 5.10. The first-order valence-corrected chi connectivity index (χ1v) is 9.00. The van der Waals surface area contributed by atoms with Crippen LogP contribution in [0, 0.1) is 0 Å². The summed E-state index contributed by atoms with van der Waals surface area (Å²) in [6, 6.07) is 9.96. The minimum atomic E-state index is -0.491. The summed E-state index contributed by atoms with van der Waals surface area (Å²) in [5, 5.41) is 10.2. The Morgan fingerprint density at radius 3 is 2.68 bits per heavy atom. The molecule has 1 unspecified atom stereocenters. The highest BCUT2D eigenvalue weighted by molar-refractivity contribution is 7.99. The maximum Gasteiger partial charge on any atom is 0.329 e. The van der Waals surface area contributed by atoms with Gasteiger partial charge in [0.1, 0.15) is 0 Å². The molecule has 3 aromatic rings. The van der Waals surface area contributed by atoms with Gasteiger partial charge in [0.25, 0.3) is 5.56 Å². The lowest BCUT2D eigenvalue weighted by Gasteiger charge is -2.09. The van der Waals surface area contributed by atoms with Gasteiger partial charge in [-0.3, -0.25) is 14.3 Å². The first kappa shape index (κ1) is 17.5. The maximum absolute atomic E-state index is 12.3. The topological polar surface area (TPSA) is 92.9 Å². The van der Waals surface area contributed by atoms with E-state index in [1.165, 1.54) is 16.3 Å². The number of aromatic amines is 1. The summed E-state index contributed by atoms with van der Waals surface area (Å²) < 4.78 is 3.16. The zero-order valence-corrected chi connectivity index (χ0v) is 14.9. The molecule has 0 aliphatic rings. The van der Waals surface area contributed by atoms with Crippen molar-refractivity contribution < 1.29 is 5.11 Å². The number of rotatable bonds is 6. The average molecular weight is 360 g/mol. The van der Waals surface area contributed by atoms with Crippen LogP contribution in [0.5, 0.6) is 0 Å². The number of thioether (sulfide) groups is 1. The summed E-state index contributed by atoms with van der Waals surface area (Å²) in [6.07, 6.45) is 0.242. The minimum absolute atomic E-state index is 0.356. The Hall–Kier alpha value is -2.32. The van der Waals surface area contributed by atoms with Crippen LogP contribution in [0.25, 0.3) is 11.2 Å². The van der Waals surface area contributed by atoms with Gasteiger partial charge in [0.2, 0.25) is 0 Å². The highest BCUT2D eigenvalue weighted by Gasteiger charge is 2.18. The molecule has 2 heterocycles. The third kappa shape index (κ3) is 3.69. The van der Waals surface area contributed by atoms with Crippen LogP contribution < -0.4 is 11.2 Å². The van der Waals surface area contributed by atoms with E-state index in [9.17, 15) is 14.7 Å². The summed E-state index contributed by atoms with van der Waals surface area (Å²) >= 11 is 1.37. The molecule has 0 aliphatic carbocycles. The van der Waals surface area contributed by atoms with E-state index in [1.54, 1.807) is 14.0 Å². The highest BCUT2D eigenvalue weighted by Crippen LogP contribution is 2.22. The molecule has 0 radical (unpaired) electrons. The van der Waals surface area contributed by atoms with Crippen LogP contribution in [0.2, 0.25) is 0 Å². The summed E-state index contributed by atoms with van der Waals surface area (Å²) in [6.45, 7) is 2.26. The molecule has 0 saturated heterocycles. The van der Waals surface area contributed by atoms with Crippen molar-refractivity contribution in [3.8, 4) is 0 Å². The molecule has 2 aromatic heterocycles. The lowest BCUT2D eigenvalue weighted by Crippen LogP contribution is -2.29. The average Bonchev–Trinajstić information content (AvgIpc) is 2.96. The second-order valence-corrected chi connectivity index (χ2v) is 6.92. The van der Waals surface area contributed by atoms with Gasteiger partial charge in [0.15, 0.2) is 16.3 Å². The van der Waals surface area contributed by atoms with Crippen LogP contribution in [0.3, 0.4) is 0 Å². The number of H-pyrrole nitrogens is 1. The number of imidazole rings is 1. The van der Waals surface area contributed by atoms with E-state index in [-0.39, 0.29) is 0 Å². The van der Waals surface area contributed by atoms with Crippen molar-refractivity contribution in [2.45, 2.75) is 31.1 Å². The second kappa shape index (κ2) is 7.28. The second-order valence-electron chi connectivity index (χ2n) is 5.93. The number of nitrogens with zero attached hydrogens (tertiary/aromatic N) is 3. The predicted octanol–water partition coefficient (Wildman–Crippen LogP) is 1.14. The third-order valence-corrected chi connectivity index (χ3v) is 5.11. The molecule has 0 bridgehead atoms. The lowest BCUT2D eigenvalue weighted by atomic mass is 10.1. The molecule has 1 aromatic carbocycles. The number of aromatic nitrogens is 4. The van der Waals surface area contributed by atoms with Gasteiger partial charge in [-0.25, -0.2) is 9.78 Å². The molecule has 0 amide bonds. The van der Waals surface area contributed by atoms with Crippen molar-refractivity contribution in [2.75, 3.05) is 5.75 Å². The fourth-order valence-corrected chi connectivity index (χ4v) is 3.49. The van der Waals surface area contributed by atoms with E-state index in [4.69, 9.17) is 0 Å². The number of aryl methyl sites for hydroxylation is 3. The smallest absolute Gasteiger partial charge is 0.329 e. The summed E-state index contributed by atoms with van der Waals surface area (Å²) in [7, 11) is 1.58. The molecule has 0 fully saturated rings. The SMILES string of the molecule is CC(O)CSc1nc2c(c(=O)[nH]c(=O)n2C)n1CCc1ccccc1. The van der Waals surface area contributed by atoms with Gasteiger partial charge in [0.05, 0.1) is 6.10 Å². The zero-order chi connectivity index (χ0) is 18.0. The molecule has 7 nitrogen and oxygen atoms in total. The predicted molar refractivity (Wildman–Crippen MR) is 98.1 cm³/mol. The molecule has 0 saturated carbocycles. The number of aliphatic hydroxyl groups is 1. The van der Waals surface area contributed by atoms with Crippen LogP contribution in [0.1, 0.15) is 12.5 Å². The van der Waals surface area contributed by atoms with Gasteiger partial charge < -0.3 is 9.67 Å². The normalized spacial score (nSPS) is 12.6. The molecule has 0 aliphatic heterocycles. The van der Waals surface area contributed by atoms with Crippen molar-refractivity contribution >= 4 is 22.9 Å². The monoisotopic (exact) mass is 360 g/mol. The Bertz CT molecular complexity index is 989. The van der Waals surface area contributed by atoms with Crippen molar-refractivity contribution in [2.24, 2.45) is 7.05 Å². The molecule has 3 rings (SSSR count). The number of fused-ring (bicyclic) bond motifs is 1. The van der Waals surface area contributed by atoms with E-state index < -0.39 is 17.4 Å². The molecule has 8 heteroatoms. The van der Waals surface area contributed by atoms with E-state index in [0.717, 1.165) is 12.0 Å². The van der Waals surface area contributed by atoms with Gasteiger partial charge in [-0.1, -0.05) is 42.1 Å². The van der Waals surface area contributed by atoms with Gasteiger partial charge in [-0.2, -0.15) is 0 Å². The Morgan fingerprint density at radius 2 is 2.00 bits per heavy atom. The fourth-order valence-electron chi connectivity index (χ4n) is 2.61. The first-order chi connectivity index (χ1) is 12.0. The molecule has 132 valence electrons. The van der Waals surface area contributed by atoms with Crippen molar-refractivity contribution in [1.29, 1.82) is 0 Å². The van der Waals surface area contributed by atoms with Gasteiger partial charge in [-0.15, -0.1) is 0 Å². The standard InChI is InChI=1S/C17H20N4O3S/c1-11(22)10-25-17-18-14-13(15(23)19-16(24)20(14)2)21(17)9-8-12-6-4-3-5-7-12/h3-7,11,22H,8-10H2,1-2H3,(H,19,23,24). The first-order valence-electron chi connectivity index (χ1n) is 8.01. The summed E-state index contributed by atoms with van der Waals surface area (Å²) in [4.78, 5) is 31.0. The van der Waals surface area contributed by atoms with Gasteiger partial charge in [0, 0.05) is 19.3 Å². The quantitative estimate of drug-likeness (QED) is 0.643. The van der Waals surface area contributed by atoms with Crippen LogP contribution in [0.4, 0.5) is 0 Å². The lowest BCUT2D eigenvalue weighted by molar-refractivity contribution is 0.220. The summed E-state index contributed by atoms with van der Waals surface area (Å²) in [5.74, 6) is 0.459. The maximum atomic E-state index is 12.3. The molecular formula is C17H20N4O3S. The van der Waals surface area contributed by atoms with E-state index >= 15 is 0 Å². The highest BCUT2D eigenvalue weighted by atomic mass is 32.2. The summed E-state index contributed by atoms with van der Waals surface area (Å²) in [5.41, 5.74) is 0.956. The number of aliphatic hydroxyl groups excluding tert-OH is 1. The van der Waals surface area contributed by atoms with Crippen LogP contribution in [-0.2, 0) is 20.0 Å². The molecular weight excluding hydrogens is 340 g/mol.